The molecular weight excluding hydrogens is 283 g/mol. The van der Waals surface area contributed by atoms with E-state index in [0.717, 1.165) is 25.9 Å². The fraction of sp³-hybridized carbons (Fsp3) is 0.462. The number of unbranched alkanes of at least 4 members (excludes halogenated alkanes) is 1. The van der Waals surface area contributed by atoms with E-state index in [1.54, 1.807) is 12.1 Å². The molecule has 0 N–H and O–H groups in total. The van der Waals surface area contributed by atoms with Crippen molar-refractivity contribution in [2.75, 3.05) is 18.0 Å². The Morgan fingerprint density at radius 3 is 2.65 bits per heavy atom. The third-order valence-electron chi connectivity index (χ3n) is 2.69. The number of hydrogen-bond donors (Lipinski definition) is 0. The largest absolute Gasteiger partial charge is 0.369 e. The van der Waals surface area contributed by atoms with Gasteiger partial charge in [-0.15, -0.1) is 0 Å². The van der Waals surface area contributed by atoms with Crippen molar-refractivity contribution in [2.45, 2.75) is 26.7 Å². The van der Waals surface area contributed by atoms with Gasteiger partial charge in [-0.05, 0) is 41.4 Å². The van der Waals surface area contributed by atoms with Crippen LogP contribution in [0.4, 0.5) is 10.1 Å². The van der Waals surface area contributed by atoms with Crippen molar-refractivity contribution >= 4 is 21.6 Å². The highest BCUT2D eigenvalue weighted by atomic mass is 79.9. The van der Waals surface area contributed by atoms with Gasteiger partial charge in [0.05, 0.1) is 15.7 Å². The van der Waals surface area contributed by atoms with Crippen molar-refractivity contribution in [1.82, 2.24) is 0 Å². The second kappa shape index (κ2) is 6.61. The van der Waals surface area contributed by atoms with E-state index in [1.165, 1.54) is 0 Å². The summed E-state index contributed by atoms with van der Waals surface area (Å²) < 4.78 is 14.3. The molecule has 0 aliphatic carbocycles. The topological polar surface area (TPSA) is 27.0 Å². The Morgan fingerprint density at radius 1 is 1.41 bits per heavy atom. The summed E-state index contributed by atoms with van der Waals surface area (Å²) in [4.78, 5) is 1.99. The summed E-state index contributed by atoms with van der Waals surface area (Å²) in [5.41, 5.74) is 0.893. The molecule has 4 heteroatoms. The lowest BCUT2D eigenvalue weighted by Crippen LogP contribution is -2.25. The first kappa shape index (κ1) is 14.0. The molecule has 0 amide bonds. The molecule has 0 spiro atoms. The lowest BCUT2D eigenvalue weighted by molar-refractivity contribution is 0.607. The molecule has 0 radical (unpaired) electrons. The summed E-state index contributed by atoms with van der Waals surface area (Å²) in [6.07, 6.45) is 2.11. The Hall–Kier alpha value is -1.08. The Kier molecular flexibility index (Phi) is 5.43. The molecule has 0 fully saturated rings. The van der Waals surface area contributed by atoms with Crippen molar-refractivity contribution in [3.63, 3.8) is 0 Å². The highest BCUT2D eigenvalue weighted by Crippen LogP contribution is 2.29. The number of benzene rings is 1. The summed E-state index contributed by atoms with van der Waals surface area (Å²) in [5, 5.41) is 8.81. The van der Waals surface area contributed by atoms with Crippen molar-refractivity contribution in [3.8, 4) is 6.07 Å². The van der Waals surface area contributed by atoms with Gasteiger partial charge in [-0.2, -0.15) is 5.26 Å². The highest BCUT2D eigenvalue weighted by molar-refractivity contribution is 9.10. The smallest absolute Gasteiger partial charge is 0.161 e. The van der Waals surface area contributed by atoms with Crippen LogP contribution in [0.5, 0.6) is 0 Å². The summed E-state index contributed by atoms with van der Waals surface area (Å²) in [7, 11) is 0. The van der Waals surface area contributed by atoms with E-state index >= 15 is 0 Å². The summed E-state index contributed by atoms with van der Waals surface area (Å²) >= 11 is 3.13. The number of halogens is 2. The number of hydrogen-bond acceptors (Lipinski definition) is 2. The molecule has 92 valence electrons. The van der Waals surface area contributed by atoms with Crippen molar-refractivity contribution in [3.05, 3.63) is 28.0 Å². The third kappa shape index (κ3) is 3.19. The van der Waals surface area contributed by atoms with Crippen LogP contribution in [0.25, 0.3) is 0 Å². The molecule has 0 unspecified atom stereocenters. The zero-order valence-corrected chi connectivity index (χ0v) is 11.7. The van der Waals surface area contributed by atoms with Gasteiger partial charge < -0.3 is 4.90 Å². The lowest BCUT2D eigenvalue weighted by Gasteiger charge is -2.24. The monoisotopic (exact) mass is 298 g/mol. The van der Waals surface area contributed by atoms with Crippen LogP contribution < -0.4 is 4.90 Å². The second-order valence-corrected chi connectivity index (χ2v) is 4.60. The maximum atomic E-state index is 14.1. The van der Waals surface area contributed by atoms with Crippen LogP contribution in [0.1, 0.15) is 32.3 Å². The number of rotatable bonds is 5. The van der Waals surface area contributed by atoms with E-state index < -0.39 is 0 Å². The molecule has 0 heterocycles. The lowest BCUT2D eigenvalue weighted by atomic mass is 10.2. The second-order valence-electron chi connectivity index (χ2n) is 3.81. The van der Waals surface area contributed by atoms with Crippen LogP contribution in [0.2, 0.25) is 0 Å². The molecule has 1 aromatic rings. The average molecular weight is 299 g/mol. The summed E-state index contributed by atoms with van der Waals surface area (Å²) in [5.74, 6) is -0.345. The van der Waals surface area contributed by atoms with E-state index in [1.807, 2.05) is 17.9 Å². The first-order valence-corrected chi connectivity index (χ1v) is 6.58. The summed E-state index contributed by atoms with van der Waals surface area (Å²) in [6.45, 7) is 5.71. The maximum Gasteiger partial charge on any atom is 0.161 e. The first-order chi connectivity index (χ1) is 8.15. The van der Waals surface area contributed by atoms with Crippen molar-refractivity contribution in [1.29, 1.82) is 5.26 Å². The maximum absolute atomic E-state index is 14.1. The first-order valence-electron chi connectivity index (χ1n) is 5.78. The van der Waals surface area contributed by atoms with Crippen molar-refractivity contribution < 1.29 is 4.39 Å². The Balaban J connectivity index is 3.05. The van der Waals surface area contributed by atoms with Gasteiger partial charge in [-0.1, -0.05) is 13.3 Å². The Bertz CT molecular complexity index is 426. The van der Waals surface area contributed by atoms with E-state index in [9.17, 15) is 4.39 Å². The number of nitrogens with zero attached hydrogens (tertiary/aromatic N) is 2. The predicted molar refractivity (Wildman–Crippen MR) is 71.6 cm³/mol. The van der Waals surface area contributed by atoms with Gasteiger partial charge in [0, 0.05) is 13.1 Å². The standard InChI is InChI=1S/C13H16BrFN2/c1-3-5-8-17(4-2)11-7-6-10(9-16)12(14)13(11)15/h6-7H,3-5,8H2,1-2H3. The highest BCUT2D eigenvalue weighted by Gasteiger charge is 2.15. The van der Waals surface area contributed by atoms with Gasteiger partial charge in [-0.3, -0.25) is 0 Å². The SMILES string of the molecule is CCCCN(CC)c1ccc(C#N)c(Br)c1F. The van der Waals surface area contributed by atoms with Crippen LogP contribution >= 0.6 is 15.9 Å². The van der Waals surface area contributed by atoms with Crippen LogP contribution in [-0.2, 0) is 0 Å². The predicted octanol–water partition coefficient (Wildman–Crippen LogP) is 4.09. The van der Waals surface area contributed by atoms with E-state index in [4.69, 9.17) is 5.26 Å². The Labute approximate surface area is 110 Å². The quantitative estimate of drug-likeness (QED) is 0.819. The fourth-order valence-electron chi connectivity index (χ4n) is 1.67. The normalized spacial score (nSPS) is 10.1. The van der Waals surface area contributed by atoms with Gasteiger partial charge in [0.25, 0.3) is 0 Å². The van der Waals surface area contributed by atoms with Crippen LogP contribution in [0.15, 0.2) is 16.6 Å². The molecule has 0 aliphatic heterocycles. The van der Waals surface area contributed by atoms with E-state index in [-0.39, 0.29) is 10.3 Å². The van der Waals surface area contributed by atoms with E-state index in [2.05, 4.69) is 22.9 Å². The zero-order valence-electron chi connectivity index (χ0n) is 10.1. The molecule has 2 nitrogen and oxygen atoms in total. The number of nitriles is 1. The van der Waals surface area contributed by atoms with Crippen LogP contribution in [0.3, 0.4) is 0 Å². The molecular formula is C13H16BrFN2. The van der Waals surface area contributed by atoms with Crippen molar-refractivity contribution in [2.24, 2.45) is 0 Å². The zero-order chi connectivity index (χ0) is 12.8. The van der Waals surface area contributed by atoms with Gasteiger partial charge in [0.1, 0.15) is 6.07 Å². The molecule has 1 aromatic carbocycles. The minimum atomic E-state index is -0.345. The molecule has 0 aromatic heterocycles. The third-order valence-corrected chi connectivity index (χ3v) is 3.46. The molecule has 0 saturated heterocycles. The molecule has 0 saturated carbocycles. The van der Waals surface area contributed by atoms with Gasteiger partial charge in [-0.25, -0.2) is 4.39 Å². The molecule has 0 bridgehead atoms. The average Bonchev–Trinajstić information content (AvgIpc) is 2.35. The molecule has 1 rings (SSSR count). The molecule has 17 heavy (non-hydrogen) atoms. The fourth-order valence-corrected chi connectivity index (χ4v) is 2.09. The van der Waals surface area contributed by atoms with Crippen LogP contribution in [-0.4, -0.2) is 13.1 Å². The number of anilines is 1. The minimum absolute atomic E-state index is 0.257. The summed E-state index contributed by atoms with van der Waals surface area (Å²) in [6, 6.07) is 5.29. The minimum Gasteiger partial charge on any atom is -0.369 e. The molecule has 0 aliphatic rings. The van der Waals surface area contributed by atoms with Gasteiger partial charge >= 0.3 is 0 Å². The van der Waals surface area contributed by atoms with Gasteiger partial charge in [0.15, 0.2) is 5.82 Å². The Morgan fingerprint density at radius 2 is 2.12 bits per heavy atom. The van der Waals surface area contributed by atoms with Crippen LogP contribution in [0, 0.1) is 17.1 Å². The molecule has 0 atom stereocenters. The van der Waals surface area contributed by atoms with E-state index in [0.29, 0.717) is 11.3 Å². The van der Waals surface area contributed by atoms with Gasteiger partial charge in [0.2, 0.25) is 0 Å².